The summed E-state index contributed by atoms with van der Waals surface area (Å²) >= 11 is 0. The van der Waals surface area contributed by atoms with E-state index in [1.807, 2.05) is 0 Å². The van der Waals surface area contributed by atoms with Gasteiger partial charge in [0.2, 0.25) is 0 Å². The van der Waals surface area contributed by atoms with Gasteiger partial charge in [0.1, 0.15) is 0 Å². The molecule has 0 radical (unpaired) electrons. The number of nitrogens with one attached hydrogen (secondary N) is 2. The van der Waals surface area contributed by atoms with Crippen LogP contribution in [0.1, 0.15) is 55.2 Å². The van der Waals surface area contributed by atoms with E-state index in [1.54, 1.807) is 0 Å². The quantitative estimate of drug-likeness (QED) is 0.886. The average Bonchev–Trinajstić information content (AvgIpc) is 2.78. The molecule has 1 aliphatic heterocycles. The Morgan fingerprint density at radius 2 is 2.00 bits per heavy atom. The van der Waals surface area contributed by atoms with Gasteiger partial charge in [-0.2, -0.15) is 0 Å². The van der Waals surface area contributed by atoms with Crippen LogP contribution >= 0.6 is 0 Å². The molecule has 2 aliphatic rings. The summed E-state index contributed by atoms with van der Waals surface area (Å²) in [6.07, 6.45) is 6.51. The van der Waals surface area contributed by atoms with Crippen molar-refractivity contribution < 1.29 is 9.53 Å². The molecule has 132 valence electrons. The van der Waals surface area contributed by atoms with Crippen LogP contribution in [0.15, 0.2) is 18.2 Å². The Balaban J connectivity index is 1.57. The van der Waals surface area contributed by atoms with Gasteiger partial charge in [0.05, 0.1) is 0 Å². The molecule has 4 nitrogen and oxygen atoms in total. The molecule has 1 aliphatic carbocycles. The lowest BCUT2D eigenvalue weighted by Gasteiger charge is -2.43. The van der Waals surface area contributed by atoms with Crippen LogP contribution in [0.3, 0.4) is 0 Å². The van der Waals surface area contributed by atoms with Crippen molar-refractivity contribution in [2.24, 2.45) is 0 Å². The number of carbonyl (C=O) groups is 1. The van der Waals surface area contributed by atoms with E-state index in [1.165, 1.54) is 23.1 Å². The summed E-state index contributed by atoms with van der Waals surface area (Å²) in [6.45, 7) is 6.60. The fourth-order valence-corrected chi connectivity index (χ4v) is 3.78. The molecule has 1 unspecified atom stereocenters. The largest absolute Gasteiger partial charge is 0.381 e. The van der Waals surface area contributed by atoms with Crippen LogP contribution in [0, 0.1) is 13.8 Å². The maximum absolute atomic E-state index is 12.3. The van der Waals surface area contributed by atoms with Gasteiger partial charge >= 0.3 is 6.03 Å². The molecule has 1 heterocycles. The number of benzene rings is 1. The molecule has 1 saturated carbocycles. The van der Waals surface area contributed by atoms with Crippen molar-refractivity contribution in [2.75, 3.05) is 19.8 Å². The van der Waals surface area contributed by atoms with Gasteiger partial charge in [0, 0.05) is 31.2 Å². The molecule has 1 saturated heterocycles. The van der Waals surface area contributed by atoms with Gasteiger partial charge in [-0.3, -0.25) is 0 Å². The van der Waals surface area contributed by atoms with Crippen molar-refractivity contribution in [3.63, 3.8) is 0 Å². The zero-order chi connectivity index (χ0) is 17.0. The summed E-state index contributed by atoms with van der Waals surface area (Å²) in [5.74, 6) is 0. The fraction of sp³-hybridized carbons (Fsp3) is 0.650. The number of carbonyl (C=O) groups excluding carboxylic acids is 1. The standard InChI is InChI=1S/C20H30N2O2/c1-15-6-7-17(13-16(15)2)20(9-4-10-20)14-21-19(23)22-18-5-3-11-24-12-8-18/h6-7,13,18H,3-5,8-12,14H2,1-2H3,(H2,21,22,23). The summed E-state index contributed by atoms with van der Waals surface area (Å²) in [6, 6.07) is 6.96. The van der Waals surface area contributed by atoms with E-state index in [0.29, 0.717) is 0 Å². The van der Waals surface area contributed by atoms with E-state index < -0.39 is 0 Å². The Bertz CT molecular complexity index is 573. The lowest BCUT2D eigenvalue weighted by molar-refractivity contribution is 0.142. The molecule has 0 aromatic heterocycles. The van der Waals surface area contributed by atoms with E-state index >= 15 is 0 Å². The molecular weight excluding hydrogens is 300 g/mol. The van der Waals surface area contributed by atoms with E-state index in [9.17, 15) is 4.79 Å². The summed E-state index contributed by atoms with van der Waals surface area (Å²) in [7, 11) is 0. The maximum atomic E-state index is 12.3. The number of ether oxygens (including phenoxy) is 1. The Morgan fingerprint density at radius 3 is 2.71 bits per heavy atom. The van der Waals surface area contributed by atoms with Crippen molar-refractivity contribution in [3.05, 3.63) is 34.9 Å². The van der Waals surface area contributed by atoms with Crippen LogP contribution in [0.5, 0.6) is 0 Å². The number of rotatable bonds is 4. The highest BCUT2D eigenvalue weighted by Gasteiger charge is 2.39. The minimum absolute atomic E-state index is 0.0305. The second-order valence-electron chi connectivity index (χ2n) is 7.50. The molecular formula is C20H30N2O2. The predicted molar refractivity (Wildman–Crippen MR) is 96.4 cm³/mol. The second-order valence-corrected chi connectivity index (χ2v) is 7.50. The fourth-order valence-electron chi connectivity index (χ4n) is 3.78. The minimum Gasteiger partial charge on any atom is -0.381 e. The molecule has 0 spiro atoms. The van der Waals surface area contributed by atoms with Crippen LogP contribution in [0.4, 0.5) is 4.79 Å². The zero-order valence-corrected chi connectivity index (χ0v) is 15.0. The highest BCUT2D eigenvalue weighted by atomic mass is 16.5. The molecule has 2 amide bonds. The Hall–Kier alpha value is -1.55. The number of aryl methyl sites for hydroxylation is 2. The van der Waals surface area contributed by atoms with Crippen LogP contribution in [0.25, 0.3) is 0 Å². The summed E-state index contributed by atoms with van der Waals surface area (Å²) in [5, 5.41) is 6.26. The van der Waals surface area contributed by atoms with Gasteiger partial charge < -0.3 is 15.4 Å². The normalized spacial score (nSPS) is 23.0. The van der Waals surface area contributed by atoms with Crippen molar-refractivity contribution >= 4 is 6.03 Å². The topological polar surface area (TPSA) is 50.4 Å². The SMILES string of the molecule is Cc1ccc(C2(CNC(=O)NC3CCCOCC3)CCC2)cc1C. The van der Waals surface area contributed by atoms with Gasteiger partial charge in [0.25, 0.3) is 0 Å². The number of hydrogen-bond acceptors (Lipinski definition) is 2. The van der Waals surface area contributed by atoms with Crippen molar-refractivity contribution in [1.29, 1.82) is 0 Å². The number of hydrogen-bond donors (Lipinski definition) is 2. The van der Waals surface area contributed by atoms with Gasteiger partial charge in [0.15, 0.2) is 0 Å². The monoisotopic (exact) mass is 330 g/mol. The molecule has 1 aromatic carbocycles. The molecule has 1 atom stereocenters. The third-order valence-corrected chi connectivity index (χ3v) is 5.80. The van der Waals surface area contributed by atoms with Crippen LogP contribution < -0.4 is 10.6 Å². The van der Waals surface area contributed by atoms with E-state index in [2.05, 4.69) is 42.7 Å². The third-order valence-electron chi connectivity index (χ3n) is 5.80. The lowest BCUT2D eigenvalue weighted by Crippen LogP contribution is -2.50. The summed E-state index contributed by atoms with van der Waals surface area (Å²) < 4.78 is 5.45. The predicted octanol–water partition coefficient (Wildman–Crippen LogP) is 3.59. The maximum Gasteiger partial charge on any atom is 0.315 e. The number of amides is 2. The molecule has 24 heavy (non-hydrogen) atoms. The molecule has 1 aromatic rings. The zero-order valence-electron chi connectivity index (χ0n) is 15.0. The van der Waals surface area contributed by atoms with Crippen LogP contribution in [0.2, 0.25) is 0 Å². The Labute approximate surface area is 145 Å². The highest BCUT2D eigenvalue weighted by Crippen LogP contribution is 2.43. The van der Waals surface area contributed by atoms with Crippen LogP contribution in [-0.4, -0.2) is 31.8 Å². The van der Waals surface area contributed by atoms with Crippen LogP contribution in [-0.2, 0) is 10.2 Å². The van der Waals surface area contributed by atoms with Crippen molar-refractivity contribution in [3.8, 4) is 0 Å². The van der Waals surface area contributed by atoms with Crippen molar-refractivity contribution in [1.82, 2.24) is 10.6 Å². The average molecular weight is 330 g/mol. The first kappa shape index (κ1) is 17.3. The summed E-state index contributed by atoms with van der Waals surface area (Å²) in [4.78, 5) is 12.3. The smallest absolute Gasteiger partial charge is 0.315 e. The van der Waals surface area contributed by atoms with Crippen molar-refractivity contribution in [2.45, 2.75) is 63.8 Å². The molecule has 4 heteroatoms. The lowest BCUT2D eigenvalue weighted by atomic mass is 9.64. The first-order chi connectivity index (χ1) is 11.6. The minimum atomic E-state index is -0.0305. The highest BCUT2D eigenvalue weighted by molar-refractivity contribution is 5.74. The Morgan fingerprint density at radius 1 is 1.17 bits per heavy atom. The molecule has 3 rings (SSSR count). The molecule has 2 N–H and O–H groups in total. The van der Waals surface area contributed by atoms with Gasteiger partial charge in [-0.05, 0) is 62.6 Å². The van der Waals surface area contributed by atoms with E-state index in [4.69, 9.17) is 4.74 Å². The molecule has 0 bridgehead atoms. The first-order valence-electron chi connectivity index (χ1n) is 9.29. The third kappa shape index (κ3) is 3.92. The number of urea groups is 1. The van der Waals surface area contributed by atoms with Gasteiger partial charge in [-0.1, -0.05) is 24.6 Å². The Kier molecular flexibility index (Phi) is 5.44. The summed E-state index contributed by atoms with van der Waals surface area (Å²) in [5.41, 5.74) is 4.17. The first-order valence-corrected chi connectivity index (χ1v) is 9.29. The van der Waals surface area contributed by atoms with Gasteiger partial charge in [-0.15, -0.1) is 0 Å². The van der Waals surface area contributed by atoms with E-state index in [0.717, 1.165) is 51.9 Å². The van der Waals surface area contributed by atoms with E-state index in [-0.39, 0.29) is 17.5 Å². The molecule has 2 fully saturated rings. The van der Waals surface area contributed by atoms with Gasteiger partial charge in [-0.25, -0.2) is 4.79 Å². The second kappa shape index (κ2) is 7.56.